The lowest BCUT2D eigenvalue weighted by molar-refractivity contribution is 0.0963. The van der Waals surface area contributed by atoms with E-state index in [1.165, 1.54) is 4.88 Å². The number of hydrogen-bond donors (Lipinski definition) is 1. The molecule has 0 saturated heterocycles. The van der Waals surface area contributed by atoms with Gasteiger partial charge in [0.1, 0.15) is 0 Å². The Bertz CT molecular complexity index is 278. The van der Waals surface area contributed by atoms with E-state index in [4.69, 9.17) is 0 Å². The Morgan fingerprint density at radius 1 is 1.55 bits per heavy atom. The number of hydrogen-bond acceptors (Lipinski definition) is 2. The first-order valence-electron chi connectivity index (χ1n) is 3.43. The Labute approximate surface area is 70.2 Å². The number of thiophene rings is 1. The summed E-state index contributed by atoms with van der Waals surface area (Å²) in [5, 5.41) is 4.50. The van der Waals surface area contributed by atoms with Crippen molar-refractivity contribution in [2.75, 3.05) is 7.05 Å². The fourth-order valence-electron chi connectivity index (χ4n) is 0.872. The summed E-state index contributed by atoms with van der Waals surface area (Å²) < 4.78 is 0. The molecule has 60 valence electrons. The lowest BCUT2D eigenvalue weighted by atomic mass is 10.2. The van der Waals surface area contributed by atoms with Crippen LogP contribution in [0.5, 0.6) is 0 Å². The van der Waals surface area contributed by atoms with Gasteiger partial charge in [0.05, 0.1) is 5.56 Å². The van der Waals surface area contributed by atoms with E-state index in [1.54, 1.807) is 18.4 Å². The van der Waals surface area contributed by atoms with Crippen molar-refractivity contribution in [1.82, 2.24) is 5.32 Å². The van der Waals surface area contributed by atoms with Crippen LogP contribution in [0.3, 0.4) is 0 Å². The van der Waals surface area contributed by atoms with Crippen molar-refractivity contribution in [3.05, 3.63) is 21.4 Å². The van der Waals surface area contributed by atoms with E-state index in [1.807, 2.05) is 19.2 Å². The Kier molecular flexibility index (Phi) is 2.29. The minimum absolute atomic E-state index is 0.00634. The molecule has 0 aromatic carbocycles. The van der Waals surface area contributed by atoms with E-state index in [2.05, 4.69) is 5.32 Å². The molecule has 1 amide bonds. The highest BCUT2D eigenvalue weighted by Crippen LogP contribution is 2.19. The zero-order chi connectivity index (χ0) is 8.43. The van der Waals surface area contributed by atoms with Crippen LogP contribution in [0, 0.1) is 13.8 Å². The highest BCUT2D eigenvalue weighted by molar-refractivity contribution is 7.10. The molecule has 0 aliphatic carbocycles. The van der Waals surface area contributed by atoms with Crippen LogP contribution < -0.4 is 5.32 Å². The van der Waals surface area contributed by atoms with Gasteiger partial charge >= 0.3 is 0 Å². The number of aryl methyl sites for hydroxylation is 1. The van der Waals surface area contributed by atoms with Crippen LogP contribution in [0.15, 0.2) is 5.38 Å². The van der Waals surface area contributed by atoms with Crippen LogP contribution in [-0.4, -0.2) is 13.0 Å². The predicted molar refractivity (Wildman–Crippen MR) is 47.2 cm³/mol. The summed E-state index contributed by atoms with van der Waals surface area (Å²) in [6.07, 6.45) is 0. The van der Waals surface area contributed by atoms with E-state index in [0.29, 0.717) is 0 Å². The Morgan fingerprint density at radius 3 is 2.55 bits per heavy atom. The quantitative estimate of drug-likeness (QED) is 0.681. The maximum Gasteiger partial charge on any atom is 0.252 e. The van der Waals surface area contributed by atoms with Crippen molar-refractivity contribution in [2.24, 2.45) is 0 Å². The zero-order valence-electron chi connectivity index (χ0n) is 6.89. The highest BCUT2D eigenvalue weighted by atomic mass is 32.1. The van der Waals surface area contributed by atoms with E-state index >= 15 is 0 Å². The maximum absolute atomic E-state index is 11.1. The van der Waals surface area contributed by atoms with Gasteiger partial charge in [0.2, 0.25) is 0 Å². The fourth-order valence-corrected chi connectivity index (χ4v) is 1.74. The van der Waals surface area contributed by atoms with Crippen molar-refractivity contribution in [2.45, 2.75) is 13.8 Å². The Morgan fingerprint density at radius 2 is 2.18 bits per heavy atom. The van der Waals surface area contributed by atoms with Gasteiger partial charge in [0, 0.05) is 17.3 Å². The van der Waals surface area contributed by atoms with E-state index in [-0.39, 0.29) is 5.91 Å². The van der Waals surface area contributed by atoms with Gasteiger partial charge in [-0.1, -0.05) is 0 Å². The average Bonchev–Trinajstić information content (AvgIpc) is 2.32. The molecular formula is C8H11NOS. The first-order valence-corrected chi connectivity index (χ1v) is 4.31. The van der Waals surface area contributed by atoms with Crippen LogP contribution in [0.4, 0.5) is 0 Å². The normalized spacial score (nSPS) is 9.73. The minimum atomic E-state index is 0.00634. The van der Waals surface area contributed by atoms with Crippen LogP contribution in [0.25, 0.3) is 0 Å². The molecule has 0 aliphatic rings. The molecule has 3 heteroatoms. The first kappa shape index (κ1) is 8.27. The van der Waals surface area contributed by atoms with Gasteiger partial charge in [-0.3, -0.25) is 4.79 Å². The van der Waals surface area contributed by atoms with E-state index in [0.717, 1.165) is 11.1 Å². The topological polar surface area (TPSA) is 29.1 Å². The maximum atomic E-state index is 11.1. The van der Waals surface area contributed by atoms with Gasteiger partial charge < -0.3 is 5.32 Å². The molecule has 2 nitrogen and oxygen atoms in total. The lowest BCUT2D eigenvalue weighted by Gasteiger charge is -1.96. The van der Waals surface area contributed by atoms with Crippen LogP contribution >= 0.6 is 11.3 Å². The molecule has 0 fully saturated rings. The summed E-state index contributed by atoms with van der Waals surface area (Å²) in [6, 6.07) is 0. The molecule has 0 saturated carbocycles. The molecule has 0 radical (unpaired) electrons. The third-order valence-corrected chi connectivity index (χ3v) is 2.77. The van der Waals surface area contributed by atoms with Crippen molar-refractivity contribution in [1.29, 1.82) is 0 Å². The third-order valence-electron chi connectivity index (χ3n) is 1.76. The second kappa shape index (κ2) is 3.05. The summed E-state index contributed by atoms with van der Waals surface area (Å²) >= 11 is 1.61. The lowest BCUT2D eigenvalue weighted by Crippen LogP contribution is -2.17. The van der Waals surface area contributed by atoms with Crippen LogP contribution in [0.2, 0.25) is 0 Å². The monoisotopic (exact) mass is 169 g/mol. The van der Waals surface area contributed by atoms with E-state index < -0.39 is 0 Å². The van der Waals surface area contributed by atoms with Gasteiger partial charge in [-0.05, 0) is 19.4 Å². The number of nitrogens with one attached hydrogen (secondary N) is 1. The number of rotatable bonds is 1. The molecule has 0 unspecified atom stereocenters. The molecular weight excluding hydrogens is 158 g/mol. The van der Waals surface area contributed by atoms with Crippen LogP contribution in [0.1, 0.15) is 20.8 Å². The molecule has 1 aromatic heterocycles. The van der Waals surface area contributed by atoms with Crippen molar-refractivity contribution in [3.63, 3.8) is 0 Å². The largest absolute Gasteiger partial charge is 0.355 e. The average molecular weight is 169 g/mol. The van der Waals surface area contributed by atoms with E-state index in [9.17, 15) is 4.79 Å². The molecule has 1 aromatic rings. The van der Waals surface area contributed by atoms with Gasteiger partial charge in [-0.15, -0.1) is 11.3 Å². The standard InChI is InChI=1S/C8H11NOS/c1-5-6(2)11-4-7(5)8(10)9-3/h4H,1-3H3,(H,9,10). The fraction of sp³-hybridized carbons (Fsp3) is 0.375. The summed E-state index contributed by atoms with van der Waals surface area (Å²) in [7, 11) is 1.65. The molecule has 0 atom stereocenters. The summed E-state index contributed by atoms with van der Waals surface area (Å²) in [5.41, 5.74) is 1.89. The Balaban J connectivity index is 3.04. The highest BCUT2D eigenvalue weighted by Gasteiger charge is 2.09. The summed E-state index contributed by atoms with van der Waals surface area (Å²) in [5.74, 6) is 0.00634. The van der Waals surface area contributed by atoms with Crippen molar-refractivity contribution >= 4 is 17.2 Å². The van der Waals surface area contributed by atoms with Gasteiger partial charge in [-0.2, -0.15) is 0 Å². The summed E-state index contributed by atoms with van der Waals surface area (Å²) in [6.45, 7) is 3.99. The molecule has 1 rings (SSSR count). The van der Waals surface area contributed by atoms with Gasteiger partial charge in [-0.25, -0.2) is 0 Å². The Hall–Kier alpha value is -0.830. The molecule has 11 heavy (non-hydrogen) atoms. The second-order valence-electron chi connectivity index (χ2n) is 2.41. The van der Waals surface area contributed by atoms with Crippen LogP contribution in [-0.2, 0) is 0 Å². The van der Waals surface area contributed by atoms with Gasteiger partial charge in [0.25, 0.3) is 5.91 Å². The molecule has 0 bridgehead atoms. The van der Waals surface area contributed by atoms with Gasteiger partial charge in [0.15, 0.2) is 0 Å². The first-order chi connectivity index (χ1) is 5.16. The van der Waals surface area contributed by atoms with Crippen molar-refractivity contribution in [3.8, 4) is 0 Å². The number of amides is 1. The third kappa shape index (κ3) is 1.43. The van der Waals surface area contributed by atoms with Crippen molar-refractivity contribution < 1.29 is 4.79 Å². The second-order valence-corrected chi connectivity index (χ2v) is 3.49. The molecule has 1 heterocycles. The SMILES string of the molecule is CNC(=O)c1csc(C)c1C. The zero-order valence-corrected chi connectivity index (χ0v) is 7.71. The smallest absolute Gasteiger partial charge is 0.252 e. The predicted octanol–water partition coefficient (Wildman–Crippen LogP) is 1.72. The molecule has 0 aliphatic heterocycles. The molecule has 1 N–H and O–H groups in total. The number of carbonyl (C=O) groups is 1. The minimum Gasteiger partial charge on any atom is -0.355 e. The number of carbonyl (C=O) groups excluding carboxylic acids is 1. The summed E-state index contributed by atoms with van der Waals surface area (Å²) in [4.78, 5) is 12.4. The molecule has 0 spiro atoms.